The van der Waals surface area contributed by atoms with Gasteiger partial charge in [-0.05, 0) is 35.9 Å². The average molecular weight is 472 g/mol. The number of nitrogens with zero attached hydrogens (tertiary/aromatic N) is 2. The van der Waals surface area contributed by atoms with Crippen LogP contribution < -0.4 is 10.9 Å². The molecule has 0 radical (unpaired) electrons. The second kappa shape index (κ2) is 9.50. The molecule has 0 spiro atoms. The number of carbonyl (C=O) groups excluding carboxylic acids is 1. The van der Waals surface area contributed by atoms with E-state index < -0.39 is 17.2 Å². The van der Waals surface area contributed by atoms with Gasteiger partial charge in [-0.15, -0.1) is 0 Å². The van der Waals surface area contributed by atoms with Gasteiger partial charge >= 0.3 is 0 Å². The molecule has 162 valence electrons. The molecule has 0 bridgehead atoms. The van der Waals surface area contributed by atoms with Crippen LogP contribution in [-0.2, 0) is 11.3 Å². The molecule has 0 aliphatic rings. The molecule has 9 heteroatoms. The summed E-state index contributed by atoms with van der Waals surface area (Å²) in [5, 5.41) is 3.39. The van der Waals surface area contributed by atoms with Gasteiger partial charge < -0.3 is 5.32 Å². The predicted molar refractivity (Wildman–Crippen MR) is 121 cm³/mol. The average Bonchev–Trinajstić information content (AvgIpc) is 2.78. The van der Waals surface area contributed by atoms with Crippen molar-refractivity contribution < 1.29 is 13.6 Å². The Morgan fingerprint density at radius 1 is 1.06 bits per heavy atom. The van der Waals surface area contributed by atoms with Gasteiger partial charge in [-0.1, -0.05) is 53.7 Å². The first kappa shape index (κ1) is 22.0. The fourth-order valence-electron chi connectivity index (χ4n) is 3.09. The van der Waals surface area contributed by atoms with Gasteiger partial charge in [0.2, 0.25) is 5.91 Å². The quantitative estimate of drug-likeness (QED) is 0.326. The molecule has 1 heterocycles. The van der Waals surface area contributed by atoms with Crippen molar-refractivity contribution in [3.63, 3.8) is 0 Å². The van der Waals surface area contributed by atoms with E-state index in [4.69, 9.17) is 11.6 Å². The summed E-state index contributed by atoms with van der Waals surface area (Å²) in [6.45, 7) is 0.350. The van der Waals surface area contributed by atoms with Crippen LogP contribution >= 0.6 is 23.4 Å². The molecule has 0 saturated carbocycles. The van der Waals surface area contributed by atoms with E-state index in [2.05, 4.69) is 10.3 Å². The summed E-state index contributed by atoms with van der Waals surface area (Å²) in [5.74, 6) is -2.03. The Morgan fingerprint density at radius 3 is 2.59 bits per heavy atom. The van der Waals surface area contributed by atoms with E-state index in [1.807, 2.05) is 30.3 Å². The van der Waals surface area contributed by atoms with Crippen molar-refractivity contribution in [2.45, 2.75) is 11.7 Å². The van der Waals surface area contributed by atoms with Gasteiger partial charge in [-0.2, -0.15) is 0 Å². The van der Waals surface area contributed by atoms with E-state index >= 15 is 0 Å². The minimum Gasteiger partial charge on any atom is -0.351 e. The summed E-state index contributed by atoms with van der Waals surface area (Å²) in [7, 11) is 0. The second-order valence-electron chi connectivity index (χ2n) is 6.84. The SMILES string of the molecule is O=C(CSc1nc2ccc(Cl)cc2c(=O)n1-c1ccc(F)cc1F)NCc1ccccc1. The molecule has 1 N–H and O–H groups in total. The van der Waals surface area contributed by atoms with Crippen molar-refractivity contribution in [1.82, 2.24) is 14.9 Å². The molecular weight excluding hydrogens is 456 g/mol. The van der Waals surface area contributed by atoms with Crippen molar-refractivity contribution in [2.24, 2.45) is 0 Å². The Morgan fingerprint density at radius 2 is 1.84 bits per heavy atom. The molecule has 32 heavy (non-hydrogen) atoms. The van der Waals surface area contributed by atoms with Crippen LogP contribution in [0.25, 0.3) is 16.6 Å². The number of hydrogen-bond acceptors (Lipinski definition) is 4. The third-order valence-corrected chi connectivity index (χ3v) is 5.79. The van der Waals surface area contributed by atoms with Crippen LogP contribution in [-0.4, -0.2) is 21.2 Å². The zero-order valence-corrected chi connectivity index (χ0v) is 18.1. The Hall–Kier alpha value is -3.23. The molecule has 1 amide bonds. The van der Waals surface area contributed by atoms with Crippen LogP contribution in [0.15, 0.2) is 76.7 Å². The molecule has 0 aliphatic carbocycles. The van der Waals surface area contributed by atoms with E-state index in [-0.39, 0.29) is 27.9 Å². The molecule has 0 aliphatic heterocycles. The lowest BCUT2D eigenvalue weighted by Crippen LogP contribution is -2.26. The zero-order valence-electron chi connectivity index (χ0n) is 16.5. The topological polar surface area (TPSA) is 64.0 Å². The normalized spacial score (nSPS) is 11.0. The zero-order chi connectivity index (χ0) is 22.7. The van der Waals surface area contributed by atoms with Crippen molar-refractivity contribution in [2.75, 3.05) is 5.75 Å². The maximum absolute atomic E-state index is 14.5. The van der Waals surface area contributed by atoms with Crippen LogP contribution in [0.3, 0.4) is 0 Å². The third kappa shape index (κ3) is 4.81. The number of rotatable bonds is 6. The summed E-state index contributed by atoms with van der Waals surface area (Å²) in [6, 6.07) is 16.9. The van der Waals surface area contributed by atoms with Crippen molar-refractivity contribution in [3.8, 4) is 5.69 Å². The summed E-state index contributed by atoms with van der Waals surface area (Å²) in [6.07, 6.45) is 0. The summed E-state index contributed by atoms with van der Waals surface area (Å²) in [4.78, 5) is 30.0. The lowest BCUT2D eigenvalue weighted by Gasteiger charge is -2.14. The van der Waals surface area contributed by atoms with E-state index in [1.165, 1.54) is 6.07 Å². The number of nitrogens with one attached hydrogen (secondary N) is 1. The van der Waals surface area contributed by atoms with E-state index in [9.17, 15) is 18.4 Å². The molecule has 4 aromatic rings. The fourth-order valence-corrected chi connectivity index (χ4v) is 4.09. The molecule has 4 rings (SSSR count). The summed E-state index contributed by atoms with van der Waals surface area (Å²) >= 11 is 6.99. The molecule has 0 saturated heterocycles. The third-order valence-electron chi connectivity index (χ3n) is 4.61. The van der Waals surface area contributed by atoms with Gasteiger partial charge in [-0.25, -0.2) is 13.8 Å². The van der Waals surface area contributed by atoms with Gasteiger partial charge in [0.1, 0.15) is 11.6 Å². The number of carbonyl (C=O) groups is 1. The molecular formula is C23H16ClF2N3O2S. The molecule has 5 nitrogen and oxygen atoms in total. The molecule has 1 aromatic heterocycles. The first-order valence-corrected chi connectivity index (χ1v) is 10.9. The highest BCUT2D eigenvalue weighted by Crippen LogP contribution is 2.24. The van der Waals surface area contributed by atoms with Gasteiger partial charge in [0.25, 0.3) is 5.56 Å². The Bertz CT molecular complexity index is 1360. The van der Waals surface area contributed by atoms with Gasteiger partial charge in [0.05, 0.1) is 22.3 Å². The number of thioether (sulfide) groups is 1. The fraction of sp³-hybridized carbons (Fsp3) is 0.0870. The van der Waals surface area contributed by atoms with Crippen LogP contribution in [0.1, 0.15) is 5.56 Å². The van der Waals surface area contributed by atoms with E-state index in [0.717, 1.165) is 34.0 Å². The number of halogens is 3. The number of amides is 1. The van der Waals surface area contributed by atoms with Gasteiger partial charge in [-0.3, -0.25) is 14.2 Å². The Balaban J connectivity index is 1.67. The van der Waals surface area contributed by atoms with Crippen molar-refractivity contribution >= 4 is 40.2 Å². The highest BCUT2D eigenvalue weighted by molar-refractivity contribution is 7.99. The smallest absolute Gasteiger partial charge is 0.266 e. The maximum atomic E-state index is 14.5. The van der Waals surface area contributed by atoms with Crippen molar-refractivity contribution in [1.29, 1.82) is 0 Å². The van der Waals surface area contributed by atoms with Gasteiger partial charge in [0.15, 0.2) is 5.16 Å². The molecule has 3 aromatic carbocycles. The summed E-state index contributed by atoms with van der Waals surface area (Å²) in [5.41, 5.74) is 0.551. The monoisotopic (exact) mass is 471 g/mol. The van der Waals surface area contributed by atoms with E-state index in [1.54, 1.807) is 12.1 Å². The largest absolute Gasteiger partial charge is 0.351 e. The number of fused-ring (bicyclic) bond motifs is 1. The second-order valence-corrected chi connectivity index (χ2v) is 8.22. The van der Waals surface area contributed by atoms with Crippen LogP contribution in [0.2, 0.25) is 5.02 Å². The first-order chi connectivity index (χ1) is 15.4. The predicted octanol–water partition coefficient (Wildman–Crippen LogP) is 4.73. The molecule has 0 unspecified atom stereocenters. The van der Waals surface area contributed by atoms with E-state index in [0.29, 0.717) is 23.2 Å². The van der Waals surface area contributed by atoms with Gasteiger partial charge in [0, 0.05) is 17.6 Å². The van der Waals surface area contributed by atoms with Crippen molar-refractivity contribution in [3.05, 3.63) is 99.3 Å². The molecule has 0 atom stereocenters. The first-order valence-electron chi connectivity index (χ1n) is 9.53. The minimum atomic E-state index is -0.925. The van der Waals surface area contributed by atoms with Crippen LogP contribution in [0.5, 0.6) is 0 Å². The lowest BCUT2D eigenvalue weighted by atomic mass is 10.2. The number of aromatic nitrogens is 2. The number of benzene rings is 3. The Kier molecular flexibility index (Phi) is 6.53. The number of hydrogen-bond donors (Lipinski definition) is 1. The Labute approximate surface area is 191 Å². The van der Waals surface area contributed by atoms with Crippen LogP contribution in [0.4, 0.5) is 8.78 Å². The minimum absolute atomic E-state index is 0.0544. The standard InChI is InChI=1S/C23H16ClF2N3O2S/c24-15-6-8-19-17(10-15)22(31)29(20-9-7-16(25)11-18(20)26)23(28-19)32-13-21(30)27-12-14-4-2-1-3-5-14/h1-11H,12-13H2,(H,27,30). The van der Waals surface area contributed by atoms with Crippen LogP contribution in [0, 0.1) is 11.6 Å². The highest BCUT2D eigenvalue weighted by Gasteiger charge is 2.18. The lowest BCUT2D eigenvalue weighted by molar-refractivity contribution is -0.118. The maximum Gasteiger partial charge on any atom is 0.266 e. The highest BCUT2D eigenvalue weighted by atomic mass is 35.5. The molecule has 0 fully saturated rings. The summed E-state index contributed by atoms with van der Waals surface area (Å²) < 4.78 is 29.0.